The number of ether oxygens (including phenoxy) is 1. The fourth-order valence-electron chi connectivity index (χ4n) is 2.86. The third-order valence-electron chi connectivity index (χ3n) is 4.39. The van der Waals surface area contributed by atoms with Gasteiger partial charge in [-0.25, -0.2) is 0 Å². The summed E-state index contributed by atoms with van der Waals surface area (Å²) in [7, 11) is 1.63. The summed E-state index contributed by atoms with van der Waals surface area (Å²) in [5, 5.41) is 8.92. The van der Waals surface area contributed by atoms with Crippen LogP contribution in [0.1, 0.15) is 34.8 Å². The van der Waals surface area contributed by atoms with Gasteiger partial charge in [0.15, 0.2) is 0 Å². The summed E-state index contributed by atoms with van der Waals surface area (Å²) in [5.41, 5.74) is 4.30. The zero-order valence-electron chi connectivity index (χ0n) is 16.8. The first-order valence-corrected chi connectivity index (χ1v) is 9.54. The summed E-state index contributed by atoms with van der Waals surface area (Å²) in [6, 6.07) is 13.1. The summed E-state index contributed by atoms with van der Waals surface area (Å²) in [6.07, 6.45) is 1.62. The Hall–Kier alpha value is -2.86. The molecule has 0 aliphatic heterocycles. The molecular formula is C22H29N3O3. The van der Waals surface area contributed by atoms with Crippen LogP contribution in [-0.2, 0) is 16.0 Å². The molecule has 0 aliphatic carbocycles. The van der Waals surface area contributed by atoms with Crippen LogP contribution in [0.3, 0.4) is 0 Å². The Balaban J connectivity index is 1.91. The number of benzene rings is 2. The molecule has 0 aliphatic rings. The van der Waals surface area contributed by atoms with Crippen molar-refractivity contribution in [3.05, 3.63) is 59.2 Å². The highest BCUT2D eigenvalue weighted by molar-refractivity contribution is 5.96. The molecule has 0 heterocycles. The summed E-state index contributed by atoms with van der Waals surface area (Å²) >= 11 is 0. The van der Waals surface area contributed by atoms with Crippen molar-refractivity contribution in [1.29, 1.82) is 0 Å². The summed E-state index contributed by atoms with van der Waals surface area (Å²) < 4.78 is 4.97. The zero-order valence-corrected chi connectivity index (χ0v) is 16.8. The molecule has 0 bridgehead atoms. The lowest BCUT2D eigenvalue weighted by molar-refractivity contribution is -0.114. The van der Waals surface area contributed by atoms with Crippen LogP contribution in [0.2, 0.25) is 0 Å². The van der Waals surface area contributed by atoms with E-state index < -0.39 is 0 Å². The number of carbonyl (C=O) groups excluding carboxylic acids is 2. The lowest BCUT2D eigenvalue weighted by Gasteiger charge is -2.14. The van der Waals surface area contributed by atoms with Gasteiger partial charge in [-0.15, -0.1) is 0 Å². The fraction of sp³-hybridized carbons (Fsp3) is 0.364. The first-order chi connectivity index (χ1) is 13.5. The topological polar surface area (TPSA) is 79.5 Å². The second-order valence-electron chi connectivity index (χ2n) is 6.55. The van der Waals surface area contributed by atoms with E-state index in [1.807, 2.05) is 31.2 Å². The number of anilines is 2. The highest BCUT2D eigenvalue weighted by Gasteiger charge is 2.10. The zero-order chi connectivity index (χ0) is 20.4. The van der Waals surface area contributed by atoms with Crippen LogP contribution >= 0.6 is 0 Å². The molecule has 0 saturated heterocycles. The number of carbonyl (C=O) groups is 2. The minimum atomic E-state index is -0.142. The van der Waals surface area contributed by atoms with E-state index in [0.29, 0.717) is 18.7 Å². The number of rotatable bonds is 10. The van der Waals surface area contributed by atoms with Gasteiger partial charge in [-0.2, -0.15) is 0 Å². The van der Waals surface area contributed by atoms with Gasteiger partial charge in [-0.3, -0.25) is 9.59 Å². The van der Waals surface area contributed by atoms with Crippen LogP contribution in [0.5, 0.6) is 0 Å². The Morgan fingerprint density at radius 2 is 1.89 bits per heavy atom. The Morgan fingerprint density at radius 3 is 2.64 bits per heavy atom. The van der Waals surface area contributed by atoms with Gasteiger partial charge in [0.2, 0.25) is 5.91 Å². The molecule has 0 spiro atoms. The predicted molar refractivity (Wildman–Crippen MR) is 113 cm³/mol. The van der Waals surface area contributed by atoms with Crippen molar-refractivity contribution in [2.45, 2.75) is 26.7 Å². The number of amides is 2. The SMILES string of the molecule is CCc1cccc(C)c1NC(=O)CNc1cccc(C(=O)NCCCOC)c1. The third-order valence-corrected chi connectivity index (χ3v) is 4.39. The molecule has 0 atom stereocenters. The molecule has 2 aromatic rings. The molecule has 6 heteroatoms. The maximum absolute atomic E-state index is 12.4. The van der Waals surface area contributed by atoms with E-state index in [4.69, 9.17) is 4.74 Å². The van der Waals surface area contributed by atoms with Crippen molar-refractivity contribution in [1.82, 2.24) is 5.32 Å². The molecule has 0 unspecified atom stereocenters. The monoisotopic (exact) mass is 383 g/mol. The van der Waals surface area contributed by atoms with Crippen LogP contribution < -0.4 is 16.0 Å². The maximum atomic E-state index is 12.4. The van der Waals surface area contributed by atoms with Crippen molar-refractivity contribution in [3.8, 4) is 0 Å². The standard InChI is InChI=1S/C22H29N3O3/c1-4-17-9-5-8-16(2)21(17)25-20(26)15-24-19-11-6-10-18(14-19)22(27)23-12-7-13-28-3/h5-6,8-11,14,24H,4,7,12-13,15H2,1-3H3,(H,23,27)(H,25,26). The average molecular weight is 383 g/mol. The molecular weight excluding hydrogens is 354 g/mol. The van der Waals surface area contributed by atoms with Gasteiger partial charge in [0.25, 0.3) is 5.91 Å². The van der Waals surface area contributed by atoms with Gasteiger partial charge in [-0.1, -0.05) is 31.2 Å². The van der Waals surface area contributed by atoms with E-state index in [1.54, 1.807) is 25.3 Å². The van der Waals surface area contributed by atoms with Gasteiger partial charge in [-0.05, 0) is 49.1 Å². The number of para-hydroxylation sites is 1. The van der Waals surface area contributed by atoms with Crippen LogP contribution in [0.4, 0.5) is 11.4 Å². The Bertz CT molecular complexity index is 805. The number of methoxy groups -OCH3 is 1. The number of hydrogen-bond donors (Lipinski definition) is 3. The second kappa shape index (κ2) is 11.1. The molecule has 0 radical (unpaired) electrons. The van der Waals surface area contributed by atoms with Crippen molar-refractivity contribution < 1.29 is 14.3 Å². The minimum absolute atomic E-state index is 0.121. The molecule has 28 heavy (non-hydrogen) atoms. The van der Waals surface area contributed by atoms with Crippen molar-refractivity contribution in [2.75, 3.05) is 37.4 Å². The maximum Gasteiger partial charge on any atom is 0.251 e. The molecule has 2 amide bonds. The highest BCUT2D eigenvalue weighted by atomic mass is 16.5. The van der Waals surface area contributed by atoms with E-state index in [9.17, 15) is 9.59 Å². The minimum Gasteiger partial charge on any atom is -0.385 e. The quantitative estimate of drug-likeness (QED) is 0.550. The number of hydrogen-bond acceptors (Lipinski definition) is 4. The third kappa shape index (κ3) is 6.39. The van der Waals surface area contributed by atoms with Gasteiger partial charge in [0.1, 0.15) is 0 Å². The van der Waals surface area contributed by atoms with Crippen molar-refractivity contribution in [3.63, 3.8) is 0 Å². The first-order valence-electron chi connectivity index (χ1n) is 9.54. The van der Waals surface area contributed by atoms with Gasteiger partial charge < -0.3 is 20.7 Å². The van der Waals surface area contributed by atoms with Gasteiger partial charge in [0.05, 0.1) is 6.54 Å². The number of aryl methyl sites for hydroxylation is 2. The van der Waals surface area contributed by atoms with Crippen molar-refractivity contribution in [2.24, 2.45) is 0 Å². The molecule has 0 fully saturated rings. The average Bonchev–Trinajstić information content (AvgIpc) is 2.71. The normalized spacial score (nSPS) is 10.4. The second-order valence-corrected chi connectivity index (χ2v) is 6.55. The predicted octanol–water partition coefficient (Wildman–Crippen LogP) is 3.37. The van der Waals surface area contributed by atoms with Crippen molar-refractivity contribution >= 4 is 23.2 Å². The summed E-state index contributed by atoms with van der Waals surface area (Å²) in [4.78, 5) is 24.6. The Kier molecular flexibility index (Phi) is 8.49. The summed E-state index contributed by atoms with van der Waals surface area (Å²) in [6.45, 7) is 5.34. The van der Waals surface area contributed by atoms with Crippen LogP contribution in [0.15, 0.2) is 42.5 Å². The molecule has 6 nitrogen and oxygen atoms in total. The van der Waals surface area contributed by atoms with E-state index in [1.165, 1.54) is 0 Å². The summed E-state index contributed by atoms with van der Waals surface area (Å²) in [5.74, 6) is -0.268. The van der Waals surface area contributed by atoms with E-state index in [0.717, 1.165) is 35.3 Å². The molecule has 3 N–H and O–H groups in total. The Morgan fingerprint density at radius 1 is 1.11 bits per heavy atom. The van der Waals surface area contributed by atoms with E-state index >= 15 is 0 Å². The molecule has 0 saturated carbocycles. The highest BCUT2D eigenvalue weighted by Crippen LogP contribution is 2.21. The lowest BCUT2D eigenvalue weighted by Crippen LogP contribution is -2.25. The Labute approximate surface area is 166 Å². The molecule has 150 valence electrons. The fourth-order valence-corrected chi connectivity index (χ4v) is 2.86. The molecule has 0 aromatic heterocycles. The van der Waals surface area contributed by atoms with Crippen LogP contribution in [-0.4, -0.2) is 38.6 Å². The lowest BCUT2D eigenvalue weighted by atomic mass is 10.1. The molecule has 2 aromatic carbocycles. The van der Waals surface area contributed by atoms with Gasteiger partial charge >= 0.3 is 0 Å². The van der Waals surface area contributed by atoms with E-state index in [2.05, 4.69) is 22.9 Å². The number of nitrogens with one attached hydrogen (secondary N) is 3. The van der Waals surface area contributed by atoms with Crippen LogP contribution in [0.25, 0.3) is 0 Å². The van der Waals surface area contributed by atoms with Gasteiger partial charge in [0, 0.05) is 37.2 Å². The van der Waals surface area contributed by atoms with E-state index in [-0.39, 0.29) is 18.4 Å². The molecule has 2 rings (SSSR count). The first kappa shape index (κ1) is 21.4. The largest absolute Gasteiger partial charge is 0.385 e. The van der Waals surface area contributed by atoms with Crippen LogP contribution in [0, 0.1) is 6.92 Å². The smallest absolute Gasteiger partial charge is 0.251 e.